The number of aliphatic hydroxyl groups is 5. The topological polar surface area (TPSA) is 196 Å². The highest BCUT2D eigenvalue weighted by molar-refractivity contribution is 6.18. The van der Waals surface area contributed by atoms with Crippen LogP contribution in [0.3, 0.4) is 0 Å². The predicted molar refractivity (Wildman–Crippen MR) is 71.9 cm³/mol. The second-order valence-electron chi connectivity index (χ2n) is 4.73. The number of Topliss-reactive ketones (excluding diaryl/α,β-unsaturated/α-hetero) is 2. The molecule has 0 aliphatic heterocycles. The van der Waals surface area contributed by atoms with Crippen molar-refractivity contribution in [1.82, 2.24) is 0 Å². The van der Waals surface area contributed by atoms with E-state index in [0.717, 1.165) is 0 Å². The first-order chi connectivity index (χ1) is 10.6. The maximum atomic E-state index is 12.3. The molecular formula is C13H16O10. The lowest BCUT2D eigenvalue weighted by Gasteiger charge is -2.31. The van der Waals surface area contributed by atoms with Crippen molar-refractivity contribution in [3.05, 3.63) is 17.7 Å². The summed E-state index contributed by atoms with van der Waals surface area (Å²) in [7, 11) is 0. The molecule has 1 rings (SSSR count). The number of phenols is 3. The lowest BCUT2D eigenvalue weighted by molar-refractivity contribution is -0.156. The van der Waals surface area contributed by atoms with Gasteiger partial charge in [-0.1, -0.05) is 0 Å². The Kier molecular flexibility index (Phi) is 5.64. The van der Waals surface area contributed by atoms with Gasteiger partial charge in [-0.3, -0.25) is 9.59 Å². The number of rotatable bonds is 7. The number of benzene rings is 1. The number of phenolic OH excluding ortho intramolecular Hbond substituents is 3. The zero-order valence-electron chi connectivity index (χ0n) is 11.6. The second-order valence-corrected chi connectivity index (χ2v) is 4.73. The molecule has 0 heterocycles. The molecule has 1 aromatic rings. The minimum absolute atomic E-state index is 0.588. The van der Waals surface area contributed by atoms with E-state index in [2.05, 4.69) is 0 Å². The number of hydrogen-bond acceptors (Lipinski definition) is 10. The van der Waals surface area contributed by atoms with Crippen LogP contribution in [0, 0.1) is 0 Å². The molecule has 0 fully saturated rings. The second kappa shape index (κ2) is 6.89. The van der Waals surface area contributed by atoms with Crippen LogP contribution in [0.4, 0.5) is 0 Å². The lowest BCUT2D eigenvalue weighted by atomic mass is 9.81. The predicted octanol–water partition coefficient (Wildman–Crippen LogP) is -3.01. The van der Waals surface area contributed by atoms with E-state index < -0.39 is 65.4 Å². The van der Waals surface area contributed by atoms with Crippen LogP contribution in [0.5, 0.6) is 17.2 Å². The molecule has 1 aromatic carbocycles. The van der Waals surface area contributed by atoms with E-state index >= 15 is 0 Å². The van der Waals surface area contributed by atoms with Crippen LogP contribution in [-0.2, 0) is 4.79 Å². The molecule has 0 spiro atoms. The number of ketones is 2. The fourth-order valence-corrected chi connectivity index (χ4v) is 1.88. The highest BCUT2D eigenvalue weighted by Gasteiger charge is 2.52. The molecule has 0 saturated carbocycles. The third-order valence-corrected chi connectivity index (χ3v) is 3.23. The molecule has 8 N–H and O–H groups in total. The Bertz CT molecular complexity index is 590. The molecule has 3 atom stereocenters. The van der Waals surface area contributed by atoms with Crippen molar-refractivity contribution in [3.8, 4) is 17.2 Å². The number of aliphatic hydroxyl groups excluding tert-OH is 4. The Morgan fingerprint density at radius 3 is 1.91 bits per heavy atom. The molecule has 0 saturated heterocycles. The molecular weight excluding hydrogens is 316 g/mol. The highest BCUT2D eigenvalue weighted by Crippen LogP contribution is 2.36. The maximum absolute atomic E-state index is 12.3. The average Bonchev–Trinajstić information content (AvgIpc) is 2.55. The minimum atomic E-state index is -3.35. The SMILES string of the molecule is O=C(CO)[C@](O)(C(=O)c1cc(O)c(O)c(O)c1)[C@H](O)[C@H](O)CO. The Morgan fingerprint density at radius 1 is 1.04 bits per heavy atom. The van der Waals surface area contributed by atoms with Crippen molar-refractivity contribution < 1.29 is 50.4 Å². The van der Waals surface area contributed by atoms with Crippen LogP contribution >= 0.6 is 0 Å². The molecule has 0 radical (unpaired) electrons. The van der Waals surface area contributed by atoms with Crippen LogP contribution in [0.1, 0.15) is 10.4 Å². The van der Waals surface area contributed by atoms with Gasteiger partial charge >= 0.3 is 0 Å². The quantitative estimate of drug-likeness (QED) is 0.145. The van der Waals surface area contributed by atoms with Gasteiger partial charge in [0.15, 0.2) is 23.0 Å². The van der Waals surface area contributed by atoms with Crippen LogP contribution in [-0.4, -0.2) is 83.4 Å². The summed E-state index contributed by atoms with van der Waals surface area (Å²) in [6, 6.07) is 1.18. The van der Waals surface area contributed by atoms with Gasteiger partial charge < -0.3 is 40.9 Å². The fraction of sp³-hybridized carbons (Fsp3) is 0.385. The first kappa shape index (κ1) is 18.8. The van der Waals surface area contributed by atoms with Crippen LogP contribution in [0.25, 0.3) is 0 Å². The Labute approximate surface area is 129 Å². The largest absolute Gasteiger partial charge is 0.504 e. The molecule has 0 amide bonds. The molecule has 23 heavy (non-hydrogen) atoms. The summed E-state index contributed by atoms with van der Waals surface area (Å²) in [5.41, 5.74) is -4.06. The van der Waals surface area contributed by atoms with Gasteiger partial charge in [0.1, 0.15) is 18.8 Å². The first-order valence-corrected chi connectivity index (χ1v) is 6.24. The Morgan fingerprint density at radius 2 is 1.52 bits per heavy atom. The third-order valence-electron chi connectivity index (χ3n) is 3.23. The molecule has 0 aromatic heterocycles. The smallest absolute Gasteiger partial charge is 0.217 e. The van der Waals surface area contributed by atoms with Crippen molar-refractivity contribution in [3.63, 3.8) is 0 Å². The lowest BCUT2D eigenvalue weighted by Crippen LogP contribution is -2.61. The van der Waals surface area contributed by atoms with E-state index in [1.807, 2.05) is 0 Å². The van der Waals surface area contributed by atoms with Gasteiger partial charge in [0, 0.05) is 5.56 Å². The van der Waals surface area contributed by atoms with Crippen molar-refractivity contribution in [2.24, 2.45) is 0 Å². The summed E-state index contributed by atoms with van der Waals surface area (Å²) in [6.07, 6.45) is -4.60. The van der Waals surface area contributed by atoms with Gasteiger partial charge in [0.2, 0.25) is 11.4 Å². The number of aromatic hydroxyl groups is 3. The molecule has 128 valence electrons. The molecule has 10 nitrogen and oxygen atoms in total. The number of carbonyl (C=O) groups excluding carboxylic acids is 2. The van der Waals surface area contributed by atoms with Gasteiger partial charge in [-0.25, -0.2) is 0 Å². The molecule has 0 aliphatic carbocycles. The number of hydrogen-bond donors (Lipinski definition) is 8. The molecule has 0 bridgehead atoms. The van der Waals surface area contributed by atoms with E-state index in [1.165, 1.54) is 0 Å². The Balaban J connectivity index is 3.44. The summed E-state index contributed by atoms with van der Waals surface area (Å²) in [5, 5.41) is 74.9. The maximum Gasteiger partial charge on any atom is 0.217 e. The van der Waals surface area contributed by atoms with Gasteiger partial charge in [0.05, 0.1) is 6.61 Å². The summed E-state index contributed by atoms with van der Waals surface area (Å²) in [6.45, 7) is -2.49. The summed E-state index contributed by atoms with van der Waals surface area (Å²) >= 11 is 0. The number of carbonyl (C=O) groups is 2. The van der Waals surface area contributed by atoms with E-state index in [9.17, 15) is 40.2 Å². The van der Waals surface area contributed by atoms with Crippen molar-refractivity contribution >= 4 is 11.6 Å². The first-order valence-electron chi connectivity index (χ1n) is 6.24. The Hall–Kier alpha value is -2.24. The third kappa shape index (κ3) is 3.25. The standard InChI is InChI=1S/C13H16O10/c14-3-8(18)12(22)13(23,9(19)4-15)11(21)5-1-6(16)10(20)7(17)2-5/h1-2,8,12,14-18,20,22-23H,3-4H2/t8-,12-,13+/m1/s1. The fourth-order valence-electron chi connectivity index (χ4n) is 1.88. The summed E-state index contributed by atoms with van der Waals surface area (Å²) in [4.78, 5) is 24.0. The molecule has 10 heteroatoms. The zero-order chi connectivity index (χ0) is 17.9. The van der Waals surface area contributed by atoms with E-state index in [1.54, 1.807) is 0 Å². The van der Waals surface area contributed by atoms with Crippen LogP contribution in [0.15, 0.2) is 12.1 Å². The van der Waals surface area contributed by atoms with E-state index in [0.29, 0.717) is 12.1 Å². The van der Waals surface area contributed by atoms with Gasteiger partial charge in [-0.05, 0) is 12.1 Å². The van der Waals surface area contributed by atoms with E-state index in [4.69, 9.17) is 10.2 Å². The van der Waals surface area contributed by atoms with Crippen molar-refractivity contribution in [2.75, 3.05) is 13.2 Å². The summed E-state index contributed by atoms with van der Waals surface area (Å²) < 4.78 is 0. The van der Waals surface area contributed by atoms with Crippen LogP contribution in [0.2, 0.25) is 0 Å². The van der Waals surface area contributed by atoms with Crippen molar-refractivity contribution in [2.45, 2.75) is 17.8 Å². The monoisotopic (exact) mass is 332 g/mol. The zero-order valence-corrected chi connectivity index (χ0v) is 11.6. The van der Waals surface area contributed by atoms with Gasteiger partial charge in [-0.15, -0.1) is 0 Å². The highest BCUT2D eigenvalue weighted by atomic mass is 16.4. The van der Waals surface area contributed by atoms with Gasteiger partial charge in [0.25, 0.3) is 0 Å². The van der Waals surface area contributed by atoms with Crippen LogP contribution < -0.4 is 0 Å². The van der Waals surface area contributed by atoms with E-state index in [-0.39, 0.29) is 0 Å². The van der Waals surface area contributed by atoms with Crippen molar-refractivity contribution in [1.29, 1.82) is 0 Å². The minimum Gasteiger partial charge on any atom is -0.504 e. The molecule has 0 aliphatic rings. The normalized spacial score (nSPS) is 16.4. The molecule has 0 unspecified atom stereocenters. The summed E-state index contributed by atoms with van der Waals surface area (Å²) in [5.74, 6) is -6.04. The average molecular weight is 332 g/mol. The van der Waals surface area contributed by atoms with Gasteiger partial charge in [-0.2, -0.15) is 0 Å².